The van der Waals surface area contributed by atoms with Crippen molar-refractivity contribution in [2.75, 3.05) is 46.0 Å². The van der Waals surface area contributed by atoms with E-state index in [4.69, 9.17) is 9.47 Å². The molecule has 2 saturated heterocycles. The van der Waals surface area contributed by atoms with Crippen molar-refractivity contribution in [3.63, 3.8) is 0 Å². The summed E-state index contributed by atoms with van der Waals surface area (Å²) in [5.41, 5.74) is 2.26. The molecular weight excluding hydrogens is 536 g/mol. The SMILES string of the molecule is CCCCOc1ccc(/C(O)=C2\C(=O)C(=O)N(CCCN3CCOCC3)[C@H]2c2ccc(Br)cc2)cc1C. The maximum atomic E-state index is 13.3. The van der Waals surface area contributed by atoms with Gasteiger partial charge in [-0.25, -0.2) is 0 Å². The first-order valence-corrected chi connectivity index (χ1v) is 13.8. The minimum absolute atomic E-state index is 0.123. The van der Waals surface area contributed by atoms with Gasteiger partial charge in [-0.3, -0.25) is 14.5 Å². The zero-order chi connectivity index (χ0) is 26.4. The summed E-state index contributed by atoms with van der Waals surface area (Å²) >= 11 is 3.46. The number of carbonyl (C=O) groups is 2. The third-order valence-corrected chi connectivity index (χ3v) is 7.44. The molecule has 7 nitrogen and oxygen atoms in total. The number of hydrogen-bond acceptors (Lipinski definition) is 6. The molecule has 0 bridgehead atoms. The summed E-state index contributed by atoms with van der Waals surface area (Å²) in [7, 11) is 0. The fourth-order valence-corrected chi connectivity index (χ4v) is 5.10. The Morgan fingerprint density at radius 2 is 1.81 bits per heavy atom. The number of morpholine rings is 1. The number of hydrogen-bond donors (Lipinski definition) is 1. The molecule has 2 fully saturated rings. The van der Waals surface area contributed by atoms with Gasteiger partial charge in [0.2, 0.25) is 0 Å². The number of carbonyl (C=O) groups excluding carboxylic acids is 2. The highest BCUT2D eigenvalue weighted by molar-refractivity contribution is 9.10. The van der Waals surface area contributed by atoms with Crippen molar-refractivity contribution >= 4 is 33.4 Å². The van der Waals surface area contributed by atoms with E-state index >= 15 is 0 Å². The van der Waals surface area contributed by atoms with Gasteiger partial charge < -0.3 is 19.5 Å². The lowest BCUT2D eigenvalue weighted by Crippen LogP contribution is -2.38. The predicted octanol–water partition coefficient (Wildman–Crippen LogP) is 5.08. The van der Waals surface area contributed by atoms with Crippen molar-refractivity contribution in [2.45, 2.75) is 39.2 Å². The molecule has 0 unspecified atom stereocenters. The van der Waals surface area contributed by atoms with E-state index in [-0.39, 0.29) is 11.3 Å². The predicted molar refractivity (Wildman–Crippen MR) is 147 cm³/mol. The minimum Gasteiger partial charge on any atom is -0.507 e. The van der Waals surface area contributed by atoms with Crippen LogP contribution >= 0.6 is 15.9 Å². The average Bonchev–Trinajstić information content (AvgIpc) is 3.15. The highest BCUT2D eigenvalue weighted by Gasteiger charge is 2.45. The number of rotatable bonds is 10. The summed E-state index contributed by atoms with van der Waals surface area (Å²) in [5.74, 6) is -0.645. The van der Waals surface area contributed by atoms with Gasteiger partial charge in [0.15, 0.2) is 0 Å². The molecule has 2 aromatic carbocycles. The lowest BCUT2D eigenvalue weighted by molar-refractivity contribution is -0.140. The second-order valence-corrected chi connectivity index (χ2v) is 10.4. The number of ether oxygens (including phenoxy) is 2. The minimum atomic E-state index is -0.655. The summed E-state index contributed by atoms with van der Waals surface area (Å²) in [4.78, 5) is 30.4. The largest absolute Gasteiger partial charge is 0.507 e. The molecule has 1 atom stereocenters. The molecular formula is C29H35BrN2O5. The quantitative estimate of drug-likeness (QED) is 0.186. The first-order chi connectivity index (χ1) is 17.9. The van der Waals surface area contributed by atoms with E-state index in [9.17, 15) is 14.7 Å². The highest BCUT2D eigenvalue weighted by Crippen LogP contribution is 2.40. The summed E-state index contributed by atoms with van der Waals surface area (Å²) in [6, 6.07) is 12.3. The molecule has 0 saturated carbocycles. The van der Waals surface area contributed by atoms with Gasteiger partial charge in [-0.05, 0) is 61.2 Å². The van der Waals surface area contributed by atoms with Gasteiger partial charge in [-0.1, -0.05) is 41.4 Å². The normalized spacial score (nSPS) is 20.0. The van der Waals surface area contributed by atoms with Crippen LogP contribution in [0.5, 0.6) is 5.75 Å². The third-order valence-electron chi connectivity index (χ3n) is 6.91. The molecule has 2 aromatic rings. The Morgan fingerprint density at radius 1 is 1.08 bits per heavy atom. The average molecular weight is 572 g/mol. The second-order valence-electron chi connectivity index (χ2n) is 9.53. The zero-order valence-corrected chi connectivity index (χ0v) is 23.1. The van der Waals surface area contributed by atoms with Crippen LogP contribution in [0.2, 0.25) is 0 Å². The number of nitrogens with zero attached hydrogens (tertiary/aromatic N) is 2. The summed E-state index contributed by atoms with van der Waals surface area (Å²) < 4.78 is 12.2. The molecule has 0 aliphatic carbocycles. The van der Waals surface area contributed by atoms with Gasteiger partial charge in [0.1, 0.15) is 11.5 Å². The number of amides is 1. The summed E-state index contributed by atoms with van der Waals surface area (Å²) in [6.45, 7) is 9.05. The number of likely N-dealkylation sites (tertiary alicyclic amines) is 1. The summed E-state index contributed by atoms with van der Waals surface area (Å²) in [6.07, 6.45) is 2.73. The lowest BCUT2D eigenvalue weighted by Gasteiger charge is -2.29. The van der Waals surface area contributed by atoms with Crippen molar-refractivity contribution < 1.29 is 24.2 Å². The third kappa shape index (κ3) is 6.43. The van der Waals surface area contributed by atoms with E-state index < -0.39 is 17.7 Å². The Hall–Kier alpha value is -2.68. The molecule has 198 valence electrons. The van der Waals surface area contributed by atoms with Gasteiger partial charge in [0, 0.05) is 36.2 Å². The lowest BCUT2D eigenvalue weighted by atomic mass is 9.94. The number of halogens is 1. The number of Topliss-reactive ketones (excluding diaryl/α,β-unsaturated/α-hetero) is 1. The molecule has 4 rings (SSSR count). The van der Waals surface area contributed by atoms with Crippen LogP contribution in [0.25, 0.3) is 5.76 Å². The van der Waals surface area contributed by atoms with E-state index in [1.807, 2.05) is 37.3 Å². The molecule has 0 radical (unpaired) electrons. The topological polar surface area (TPSA) is 79.3 Å². The fraction of sp³-hybridized carbons (Fsp3) is 0.448. The monoisotopic (exact) mass is 570 g/mol. The smallest absolute Gasteiger partial charge is 0.295 e. The molecule has 1 amide bonds. The number of aliphatic hydroxyl groups excluding tert-OH is 1. The van der Waals surface area contributed by atoms with Crippen LogP contribution in [-0.2, 0) is 14.3 Å². The van der Waals surface area contributed by atoms with Gasteiger partial charge in [0.05, 0.1) is 31.4 Å². The van der Waals surface area contributed by atoms with E-state index in [1.165, 1.54) is 0 Å². The molecule has 0 aromatic heterocycles. The first kappa shape index (κ1) is 27.4. The molecule has 1 N–H and O–H groups in total. The zero-order valence-electron chi connectivity index (χ0n) is 21.5. The molecule has 37 heavy (non-hydrogen) atoms. The van der Waals surface area contributed by atoms with Crippen LogP contribution in [0.4, 0.5) is 0 Å². The van der Waals surface area contributed by atoms with Crippen molar-refractivity contribution in [1.82, 2.24) is 9.80 Å². The van der Waals surface area contributed by atoms with Crippen LogP contribution in [-0.4, -0.2) is 72.6 Å². The highest BCUT2D eigenvalue weighted by atomic mass is 79.9. The van der Waals surface area contributed by atoms with Gasteiger partial charge >= 0.3 is 0 Å². The van der Waals surface area contributed by atoms with Crippen LogP contribution in [0, 0.1) is 6.92 Å². The van der Waals surface area contributed by atoms with Crippen LogP contribution < -0.4 is 4.74 Å². The summed E-state index contributed by atoms with van der Waals surface area (Å²) in [5, 5.41) is 11.4. The van der Waals surface area contributed by atoms with Crippen molar-refractivity contribution in [2.24, 2.45) is 0 Å². The Balaban J connectivity index is 1.64. The molecule has 2 aliphatic rings. The molecule has 2 aliphatic heterocycles. The molecule has 2 heterocycles. The first-order valence-electron chi connectivity index (χ1n) is 13.0. The van der Waals surface area contributed by atoms with E-state index in [1.54, 1.807) is 17.0 Å². The number of benzene rings is 2. The number of aliphatic hydroxyl groups is 1. The van der Waals surface area contributed by atoms with Gasteiger partial charge in [-0.2, -0.15) is 0 Å². The second kappa shape index (κ2) is 12.7. The van der Waals surface area contributed by atoms with Gasteiger partial charge in [-0.15, -0.1) is 0 Å². The van der Waals surface area contributed by atoms with Crippen molar-refractivity contribution in [3.05, 3.63) is 69.2 Å². The van der Waals surface area contributed by atoms with Crippen molar-refractivity contribution in [3.8, 4) is 5.75 Å². The van der Waals surface area contributed by atoms with Gasteiger partial charge in [0.25, 0.3) is 11.7 Å². The molecule has 8 heteroatoms. The number of ketones is 1. The maximum Gasteiger partial charge on any atom is 0.295 e. The van der Waals surface area contributed by atoms with Crippen LogP contribution in [0.1, 0.15) is 48.9 Å². The van der Waals surface area contributed by atoms with E-state index in [0.29, 0.717) is 31.9 Å². The van der Waals surface area contributed by atoms with Crippen LogP contribution in [0.15, 0.2) is 52.5 Å². The van der Waals surface area contributed by atoms with E-state index in [2.05, 4.69) is 27.8 Å². The number of aryl methyl sites for hydroxylation is 1. The Labute approximate surface area is 227 Å². The molecule has 0 spiro atoms. The van der Waals surface area contributed by atoms with E-state index in [0.717, 1.165) is 60.2 Å². The Kier molecular flexibility index (Phi) is 9.40. The van der Waals surface area contributed by atoms with Crippen molar-refractivity contribution in [1.29, 1.82) is 0 Å². The number of unbranched alkanes of at least 4 members (excludes halogenated alkanes) is 1. The fourth-order valence-electron chi connectivity index (χ4n) is 4.83. The Morgan fingerprint density at radius 3 is 2.49 bits per heavy atom. The standard InChI is InChI=1S/C29H35BrN2O5/c1-3-4-16-37-24-11-8-22(19-20(24)2)27(33)25-26(21-6-9-23(30)10-7-21)32(29(35)28(25)34)13-5-12-31-14-17-36-18-15-31/h6-11,19,26,33H,3-5,12-18H2,1-2H3/b27-25+/t26-/m0/s1. The van der Waals surface area contributed by atoms with Crippen LogP contribution in [0.3, 0.4) is 0 Å². The Bertz CT molecular complexity index is 1140. The maximum absolute atomic E-state index is 13.3.